The molecule has 0 radical (unpaired) electrons. The minimum atomic E-state index is -0.184. The third-order valence-electron chi connectivity index (χ3n) is 7.57. The van der Waals surface area contributed by atoms with Crippen LogP contribution in [0, 0.1) is 0 Å². The molecule has 9 nitrogen and oxygen atoms in total. The zero-order chi connectivity index (χ0) is 31.6. The van der Waals surface area contributed by atoms with Crippen LogP contribution in [0.25, 0.3) is 0 Å². The van der Waals surface area contributed by atoms with Crippen molar-refractivity contribution in [2.24, 2.45) is 10.7 Å². The van der Waals surface area contributed by atoms with E-state index in [1.807, 2.05) is 127 Å². The smallest absolute Gasteiger partial charge is 0.244 e. The Morgan fingerprint density at radius 1 is 0.867 bits per heavy atom. The summed E-state index contributed by atoms with van der Waals surface area (Å²) in [6, 6.07) is 33.4. The number of fused-ring (bicyclic) bond motifs is 1. The Bertz CT molecular complexity index is 1580. The Hall–Kier alpha value is -5.31. The average molecular weight is 605 g/mol. The second kappa shape index (κ2) is 14.9. The number of nitrogens with two attached hydrogens (primary N) is 1. The van der Waals surface area contributed by atoms with Gasteiger partial charge in [0.05, 0.1) is 18.0 Å². The van der Waals surface area contributed by atoms with E-state index in [1.54, 1.807) is 4.90 Å². The van der Waals surface area contributed by atoms with Crippen LogP contribution in [0.5, 0.6) is 5.75 Å². The Kier molecular flexibility index (Phi) is 10.3. The molecule has 1 aliphatic rings. The molecule has 1 heterocycles. The topological polar surface area (TPSA) is 104 Å². The lowest BCUT2D eigenvalue weighted by atomic mass is 10.1. The minimum absolute atomic E-state index is 0.0617. The maximum absolute atomic E-state index is 13.3. The first kappa shape index (κ1) is 31.1. The minimum Gasteiger partial charge on any atom is -0.491 e. The van der Waals surface area contributed by atoms with Gasteiger partial charge in [0.15, 0.2) is 5.96 Å². The van der Waals surface area contributed by atoms with Gasteiger partial charge < -0.3 is 30.5 Å². The quantitative estimate of drug-likeness (QED) is 0.194. The van der Waals surface area contributed by atoms with Crippen LogP contribution in [-0.4, -0.2) is 54.8 Å². The van der Waals surface area contributed by atoms with Gasteiger partial charge in [-0.05, 0) is 35.7 Å². The van der Waals surface area contributed by atoms with Crippen LogP contribution >= 0.6 is 0 Å². The molecule has 0 aromatic heterocycles. The number of rotatable bonds is 13. The number of para-hydroxylation sites is 3. The monoisotopic (exact) mass is 604 g/mol. The Morgan fingerprint density at radius 3 is 2.18 bits per heavy atom. The molecule has 0 spiro atoms. The first-order valence-corrected chi connectivity index (χ1v) is 15.1. The first-order chi connectivity index (χ1) is 21.9. The lowest BCUT2D eigenvalue weighted by Gasteiger charge is -2.28. The highest BCUT2D eigenvalue weighted by atomic mass is 16.5. The van der Waals surface area contributed by atoms with Crippen LogP contribution in [0.15, 0.2) is 108 Å². The number of amides is 2. The van der Waals surface area contributed by atoms with Gasteiger partial charge in [-0.3, -0.25) is 9.59 Å². The fraction of sp³-hybridized carbons (Fsp3) is 0.250. The maximum atomic E-state index is 13.3. The number of carbonyl (C=O) groups is 2. The van der Waals surface area contributed by atoms with Gasteiger partial charge in [0.2, 0.25) is 11.8 Å². The molecule has 0 unspecified atom stereocenters. The summed E-state index contributed by atoms with van der Waals surface area (Å²) in [5.41, 5.74) is 11.7. The number of ether oxygens (including phenoxy) is 1. The standard InChI is InChI=1S/C36H40N6O3/c1-40(2)31-19-10-9-18-30(31)38-33(43)26-42-25-29-17-11-20-32(35(29)39-36(42)37)45-22-12-21-34(44)41(23-27-13-5-3-6-14-27)24-28-15-7-4-8-16-28/h3-11,13-20H,12,21-26H2,1-2H3,(H2,37,39)(H,38,43). The van der Waals surface area contributed by atoms with Gasteiger partial charge in [0.1, 0.15) is 18.0 Å². The molecule has 3 N–H and O–H groups in total. The zero-order valence-electron chi connectivity index (χ0n) is 25.9. The van der Waals surface area contributed by atoms with Crippen LogP contribution in [0.2, 0.25) is 0 Å². The molecular weight excluding hydrogens is 564 g/mol. The molecule has 0 saturated carbocycles. The van der Waals surface area contributed by atoms with Gasteiger partial charge in [-0.15, -0.1) is 0 Å². The molecule has 9 heteroatoms. The summed E-state index contributed by atoms with van der Waals surface area (Å²) in [5.74, 6) is 0.752. The number of guanidine groups is 1. The number of anilines is 2. The number of nitrogens with zero attached hydrogens (tertiary/aromatic N) is 4. The molecule has 0 fully saturated rings. The van der Waals surface area contributed by atoms with Crippen molar-refractivity contribution in [2.75, 3.05) is 37.5 Å². The van der Waals surface area contributed by atoms with Crippen LogP contribution in [0.4, 0.5) is 17.1 Å². The third kappa shape index (κ3) is 8.41. The van der Waals surface area contributed by atoms with Gasteiger partial charge in [-0.1, -0.05) is 84.9 Å². The number of nitrogens with one attached hydrogen (secondary N) is 1. The molecule has 5 rings (SSSR count). The van der Waals surface area contributed by atoms with E-state index >= 15 is 0 Å². The lowest BCUT2D eigenvalue weighted by molar-refractivity contribution is -0.132. The van der Waals surface area contributed by atoms with Gasteiger partial charge in [0.25, 0.3) is 0 Å². The average Bonchev–Trinajstić information content (AvgIpc) is 3.04. The molecular formula is C36H40N6O3. The van der Waals surface area contributed by atoms with E-state index in [1.165, 1.54) is 0 Å². The summed E-state index contributed by atoms with van der Waals surface area (Å²) in [6.07, 6.45) is 0.919. The molecule has 0 atom stereocenters. The van der Waals surface area contributed by atoms with Crippen molar-refractivity contribution in [3.8, 4) is 5.75 Å². The molecule has 4 aromatic carbocycles. The highest BCUT2D eigenvalue weighted by molar-refractivity contribution is 5.98. The van der Waals surface area contributed by atoms with Crippen LogP contribution in [-0.2, 0) is 29.2 Å². The van der Waals surface area contributed by atoms with Crippen LogP contribution in [0.1, 0.15) is 29.5 Å². The normalized spacial score (nSPS) is 12.1. The fourth-order valence-corrected chi connectivity index (χ4v) is 5.28. The maximum Gasteiger partial charge on any atom is 0.244 e. The van der Waals surface area contributed by atoms with E-state index in [4.69, 9.17) is 10.5 Å². The van der Waals surface area contributed by atoms with Gasteiger partial charge in [0, 0.05) is 45.7 Å². The Morgan fingerprint density at radius 2 is 1.51 bits per heavy atom. The van der Waals surface area contributed by atoms with Crippen molar-refractivity contribution < 1.29 is 14.3 Å². The summed E-state index contributed by atoms with van der Waals surface area (Å²) in [5, 5.41) is 2.98. The largest absolute Gasteiger partial charge is 0.491 e. The van der Waals surface area contributed by atoms with Crippen LogP contribution < -0.4 is 20.7 Å². The van der Waals surface area contributed by atoms with Crippen molar-refractivity contribution in [3.63, 3.8) is 0 Å². The molecule has 45 heavy (non-hydrogen) atoms. The van der Waals surface area contributed by atoms with Gasteiger partial charge >= 0.3 is 0 Å². The van der Waals surface area contributed by atoms with E-state index in [2.05, 4.69) is 10.3 Å². The summed E-state index contributed by atoms with van der Waals surface area (Å²) >= 11 is 0. The number of benzene rings is 4. The van der Waals surface area contributed by atoms with E-state index in [0.717, 1.165) is 28.1 Å². The second-order valence-corrected chi connectivity index (χ2v) is 11.2. The van der Waals surface area contributed by atoms with Gasteiger partial charge in [-0.2, -0.15) is 0 Å². The summed E-state index contributed by atoms with van der Waals surface area (Å²) in [6.45, 7) is 1.95. The number of carbonyl (C=O) groups excluding carboxylic acids is 2. The van der Waals surface area contributed by atoms with Crippen molar-refractivity contribution in [1.29, 1.82) is 0 Å². The highest BCUT2D eigenvalue weighted by Gasteiger charge is 2.23. The van der Waals surface area contributed by atoms with E-state index in [-0.39, 0.29) is 24.3 Å². The lowest BCUT2D eigenvalue weighted by Crippen LogP contribution is -2.43. The summed E-state index contributed by atoms with van der Waals surface area (Å²) in [4.78, 5) is 36.4. The molecule has 0 saturated heterocycles. The van der Waals surface area contributed by atoms with E-state index < -0.39 is 0 Å². The van der Waals surface area contributed by atoms with Crippen LogP contribution in [0.3, 0.4) is 0 Å². The molecule has 1 aliphatic heterocycles. The third-order valence-corrected chi connectivity index (χ3v) is 7.57. The second-order valence-electron chi connectivity index (χ2n) is 11.2. The summed E-state index contributed by atoms with van der Waals surface area (Å²) < 4.78 is 6.11. The van der Waals surface area contributed by atoms with Crippen molar-refractivity contribution in [3.05, 3.63) is 120 Å². The fourth-order valence-electron chi connectivity index (χ4n) is 5.28. The SMILES string of the molecule is CN(C)c1ccccc1NC(=O)CN1Cc2cccc(OCCCC(=O)N(Cc3ccccc3)Cc3ccccc3)c2N=C1N. The number of aliphatic imine (C=N–C) groups is 1. The highest BCUT2D eigenvalue weighted by Crippen LogP contribution is 2.35. The molecule has 0 bridgehead atoms. The Labute approximate surface area is 264 Å². The predicted octanol–water partition coefficient (Wildman–Crippen LogP) is 5.54. The molecule has 0 aliphatic carbocycles. The van der Waals surface area contributed by atoms with Gasteiger partial charge in [-0.25, -0.2) is 4.99 Å². The van der Waals surface area contributed by atoms with E-state index in [9.17, 15) is 9.59 Å². The van der Waals surface area contributed by atoms with Crippen molar-refractivity contribution in [1.82, 2.24) is 9.80 Å². The summed E-state index contributed by atoms with van der Waals surface area (Å²) in [7, 11) is 3.86. The molecule has 2 amide bonds. The zero-order valence-corrected chi connectivity index (χ0v) is 25.9. The van der Waals surface area contributed by atoms with E-state index in [0.29, 0.717) is 50.5 Å². The predicted molar refractivity (Wildman–Crippen MR) is 179 cm³/mol. The number of hydrogen-bond acceptors (Lipinski definition) is 7. The van der Waals surface area contributed by atoms with Crippen molar-refractivity contribution in [2.45, 2.75) is 32.5 Å². The van der Waals surface area contributed by atoms with Crippen molar-refractivity contribution >= 4 is 34.8 Å². The molecule has 232 valence electrons. The number of hydrogen-bond donors (Lipinski definition) is 2. The molecule has 4 aromatic rings. The first-order valence-electron chi connectivity index (χ1n) is 15.1. The Balaban J connectivity index is 1.16.